The van der Waals surface area contributed by atoms with E-state index in [1.165, 1.54) is 14.0 Å². The molecule has 0 bridgehead atoms. The molecule has 0 aromatic carbocycles. The van der Waals surface area contributed by atoms with E-state index in [9.17, 15) is 9.59 Å². The van der Waals surface area contributed by atoms with Crippen LogP contribution >= 0.6 is 0 Å². The summed E-state index contributed by atoms with van der Waals surface area (Å²) in [4.78, 5) is 22.0. The number of hydrogen-bond acceptors (Lipinski definition) is 3. The zero-order chi connectivity index (χ0) is 10.3. The number of Topliss-reactive ketones (excluding diaryl/α,β-unsaturated/α-hetero) is 1. The van der Waals surface area contributed by atoms with Gasteiger partial charge in [-0.2, -0.15) is 0 Å². The molecule has 0 fully saturated rings. The van der Waals surface area contributed by atoms with Crippen LogP contribution in [0.1, 0.15) is 26.2 Å². The predicted octanol–water partition coefficient (Wildman–Crippen LogP) is 1.17. The van der Waals surface area contributed by atoms with Gasteiger partial charge in [0.25, 0.3) is 0 Å². The van der Waals surface area contributed by atoms with Crippen molar-refractivity contribution < 1.29 is 14.3 Å². The second-order valence-corrected chi connectivity index (χ2v) is 2.78. The van der Waals surface area contributed by atoms with E-state index in [2.05, 4.69) is 10.7 Å². The molecule has 0 amide bonds. The second kappa shape index (κ2) is 6.24. The molecule has 1 unspecified atom stereocenters. The Hall–Kier alpha value is -1.30. The van der Waals surface area contributed by atoms with Crippen LogP contribution in [0.15, 0.2) is 0 Å². The van der Waals surface area contributed by atoms with Crippen molar-refractivity contribution in [2.24, 2.45) is 5.92 Å². The minimum Gasteiger partial charge on any atom is -0.468 e. The van der Waals surface area contributed by atoms with Gasteiger partial charge in [-0.15, -0.1) is 12.3 Å². The monoisotopic (exact) mass is 182 g/mol. The van der Waals surface area contributed by atoms with Crippen LogP contribution in [0.4, 0.5) is 0 Å². The Balaban J connectivity index is 4.04. The SMILES string of the molecule is C#CCCCC(C(C)=O)C(=O)OC. The van der Waals surface area contributed by atoms with Gasteiger partial charge in [0.2, 0.25) is 0 Å². The molecule has 3 heteroatoms. The Kier molecular flexibility index (Phi) is 5.62. The zero-order valence-corrected chi connectivity index (χ0v) is 8.00. The average Bonchev–Trinajstić information content (AvgIpc) is 2.11. The molecule has 72 valence electrons. The van der Waals surface area contributed by atoms with Gasteiger partial charge in [0.05, 0.1) is 7.11 Å². The van der Waals surface area contributed by atoms with Crippen molar-refractivity contribution in [3.63, 3.8) is 0 Å². The molecule has 0 aliphatic rings. The molecule has 0 aromatic heterocycles. The molecule has 0 N–H and O–H groups in total. The van der Waals surface area contributed by atoms with Gasteiger partial charge in [-0.1, -0.05) is 0 Å². The maximum absolute atomic E-state index is 11.1. The van der Waals surface area contributed by atoms with E-state index in [1.807, 2.05) is 0 Å². The number of esters is 1. The Morgan fingerprint density at radius 1 is 1.54 bits per heavy atom. The van der Waals surface area contributed by atoms with Crippen molar-refractivity contribution in [3.05, 3.63) is 0 Å². The van der Waals surface area contributed by atoms with Crippen molar-refractivity contribution in [2.75, 3.05) is 7.11 Å². The van der Waals surface area contributed by atoms with Gasteiger partial charge in [0, 0.05) is 6.42 Å². The van der Waals surface area contributed by atoms with Crippen LogP contribution in [-0.2, 0) is 14.3 Å². The van der Waals surface area contributed by atoms with E-state index in [4.69, 9.17) is 6.42 Å². The summed E-state index contributed by atoms with van der Waals surface area (Å²) in [5.74, 6) is 1.18. The summed E-state index contributed by atoms with van der Waals surface area (Å²) in [5, 5.41) is 0. The summed E-state index contributed by atoms with van der Waals surface area (Å²) in [7, 11) is 1.28. The number of terminal acetylenes is 1. The molecular weight excluding hydrogens is 168 g/mol. The Morgan fingerprint density at radius 2 is 2.15 bits per heavy atom. The topological polar surface area (TPSA) is 43.4 Å². The number of ether oxygens (including phenoxy) is 1. The Labute approximate surface area is 78.5 Å². The third-order valence-electron chi connectivity index (χ3n) is 1.79. The lowest BCUT2D eigenvalue weighted by molar-refractivity contribution is -0.149. The van der Waals surface area contributed by atoms with E-state index in [1.54, 1.807) is 0 Å². The number of ketones is 1. The first-order valence-corrected chi connectivity index (χ1v) is 4.15. The minimum atomic E-state index is -0.640. The van der Waals surface area contributed by atoms with Crippen molar-refractivity contribution >= 4 is 11.8 Å². The molecule has 0 aliphatic carbocycles. The minimum absolute atomic E-state index is 0.163. The molecule has 0 saturated carbocycles. The van der Waals surface area contributed by atoms with E-state index in [0.717, 1.165) is 0 Å². The van der Waals surface area contributed by atoms with Gasteiger partial charge in [-0.3, -0.25) is 9.59 Å². The molecule has 0 saturated heterocycles. The highest BCUT2D eigenvalue weighted by Gasteiger charge is 2.22. The quantitative estimate of drug-likeness (QED) is 0.277. The first-order chi connectivity index (χ1) is 6.13. The third kappa shape index (κ3) is 4.32. The van der Waals surface area contributed by atoms with Crippen LogP contribution in [0, 0.1) is 18.3 Å². The van der Waals surface area contributed by atoms with Crippen molar-refractivity contribution in [1.82, 2.24) is 0 Å². The maximum atomic E-state index is 11.1. The summed E-state index contributed by atoms with van der Waals surface area (Å²) in [6.45, 7) is 1.39. The van der Waals surface area contributed by atoms with Crippen molar-refractivity contribution in [2.45, 2.75) is 26.2 Å². The highest BCUT2D eigenvalue weighted by atomic mass is 16.5. The fourth-order valence-corrected chi connectivity index (χ4v) is 1.04. The van der Waals surface area contributed by atoms with Crippen LogP contribution < -0.4 is 0 Å². The van der Waals surface area contributed by atoms with E-state index < -0.39 is 11.9 Å². The van der Waals surface area contributed by atoms with Crippen LogP contribution in [-0.4, -0.2) is 18.9 Å². The summed E-state index contributed by atoms with van der Waals surface area (Å²) in [6.07, 6.45) is 6.79. The van der Waals surface area contributed by atoms with E-state index >= 15 is 0 Å². The molecular formula is C10H14O3. The summed E-state index contributed by atoms with van der Waals surface area (Å²) >= 11 is 0. The van der Waals surface area contributed by atoms with Gasteiger partial charge < -0.3 is 4.74 Å². The van der Waals surface area contributed by atoms with Gasteiger partial charge in [0.15, 0.2) is 0 Å². The molecule has 0 rings (SSSR count). The molecule has 0 radical (unpaired) electrons. The standard InChI is InChI=1S/C10H14O3/c1-4-5-6-7-9(8(2)11)10(12)13-3/h1,9H,5-7H2,2-3H3. The Bertz CT molecular complexity index is 225. The van der Waals surface area contributed by atoms with E-state index in [-0.39, 0.29) is 5.78 Å². The van der Waals surface area contributed by atoms with Gasteiger partial charge >= 0.3 is 5.97 Å². The molecule has 13 heavy (non-hydrogen) atoms. The lowest BCUT2D eigenvalue weighted by Crippen LogP contribution is -2.23. The predicted molar refractivity (Wildman–Crippen MR) is 48.9 cm³/mol. The molecule has 1 atom stereocenters. The van der Waals surface area contributed by atoms with E-state index in [0.29, 0.717) is 19.3 Å². The number of methoxy groups -OCH3 is 1. The van der Waals surface area contributed by atoms with Crippen molar-refractivity contribution in [1.29, 1.82) is 0 Å². The van der Waals surface area contributed by atoms with Crippen molar-refractivity contribution in [3.8, 4) is 12.3 Å². The van der Waals surface area contributed by atoms with Gasteiger partial charge in [0.1, 0.15) is 11.7 Å². The number of rotatable bonds is 5. The average molecular weight is 182 g/mol. The second-order valence-electron chi connectivity index (χ2n) is 2.78. The molecule has 0 aliphatic heterocycles. The fraction of sp³-hybridized carbons (Fsp3) is 0.600. The van der Waals surface area contributed by atoms with Gasteiger partial charge in [-0.25, -0.2) is 0 Å². The van der Waals surface area contributed by atoms with Crippen LogP contribution in [0.5, 0.6) is 0 Å². The summed E-state index contributed by atoms with van der Waals surface area (Å²) in [6, 6.07) is 0. The highest BCUT2D eigenvalue weighted by molar-refractivity contribution is 5.97. The summed E-state index contributed by atoms with van der Waals surface area (Å²) in [5.41, 5.74) is 0. The first-order valence-electron chi connectivity index (χ1n) is 4.15. The molecule has 0 aromatic rings. The van der Waals surface area contributed by atoms with Gasteiger partial charge in [-0.05, 0) is 19.8 Å². The normalized spacial score (nSPS) is 11.5. The highest BCUT2D eigenvalue weighted by Crippen LogP contribution is 2.11. The lowest BCUT2D eigenvalue weighted by Gasteiger charge is -2.09. The number of carbonyl (C=O) groups excluding carboxylic acids is 2. The lowest BCUT2D eigenvalue weighted by atomic mass is 9.98. The van der Waals surface area contributed by atoms with Crippen LogP contribution in [0.3, 0.4) is 0 Å². The Morgan fingerprint density at radius 3 is 2.54 bits per heavy atom. The smallest absolute Gasteiger partial charge is 0.316 e. The number of carbonyl (C=O) groups is 2. The molecule has 0 heterocycles. The number of unbranched alkanes of at least 4 members (excludes halogenated alkanes) is 1. The molecule has 0 spiro atoms. The van der Waals surface area contributed by atoms with Crippen LogP contribution in [0.25, 0.3) is 0 Å². The first kappa shape index (κ1) is 11.7. The fourth-order valence-electron chi connectivity index (χ4n) is 1.04. The maximum Gasteiger partial charge on any atom is 0.316 e. The van der Waals surface area contributed by atoms with Crippen LogP contribution in [0.2, 0.25) is 0 Å². The largest absolute Gasteiger partial charge is 0.468 e. The third-order valence-corrected chi connectivity index (χ3v) is 1.79. The summed E-state index contributed by atoms with van der Waals surface area (Å²) < 4.78 is 4.49. The molecule has 3 nitrogen and oxygen atoms in total. The number of hydrogen-bond donors (Lipinski definition) is 0. The zero-order valence-electron chi connectivity index (χ0n) is 8.00.